The number of ether oxygens (including phenoxy) is 1. The van der Waals surface area contributed by atoms with Gasteiger partial charge in [0.05, 0.1) is 0 Å². The fourth-order valence-corrected chi connectivity index (χ4v) is 4.00. The van der Waals surface area contributed by atoms with Gasteiger partial charge in [0.1, 0.15) is 5.60 Å². The molecule has 3 rings (SSSR count). The number of aromatic nitrogens is 1. The molecule has 2 heterocycles. The molecule has 0 bridgehead atoms. The van der Waals surface area contributed by atoms with Crippen LogP contribution >= 0.6 is 11.6 Å². The van der Waals surface area contributed by atoms with Crippen molar-refractivity contribution in [3.8, 4) is 11.3 Å². The minimum absolute atomic E-state index is 0.00623. The normalized spacial score (nSPS) is 16.8. The number of carbonyl (C=O) groups is 2. The van der Waals surface area contributed by atoms with Crippen molar-refractivity contribution in [2.75, 3.05) is 19.6 Å². The van der Waals surface area contributed by atoms with Gasteiger partial charge in [-0.15, -0.1) is 0 Å². The summed E-state index contributed by atoms with van der Waals surface area (Å²) in [5, 5.41) is 4.57. The summed E-state index contributed by atoms with van der Waals surface area (Å²) in [6.07, 6.45) is 1.50. The highest BCUT2D eigenvalue weighted by Gasteiger charge is 2.31. The van der Waals surface area contributed by atoms with Crippen LogP contribution in [0.4, 0.5) is 4.79 Å². The first-order chi connectivity index (χ1) is 15.0. The van der Waals surface area contributed by atoms with Gasteiger partial charge < -0.3 is 19.1 Å². The lowest BCUT2D eigenvalue weighted by molar-refractivity contribution is 0.0123. The molecule has 2 amide bonds. The number of benzene rings is 1. The Morgan fingerprint density at radius 3 is 2.72 bits per heavy atom. The van der Waals surface area contributed by atoms with Gasteiger partial charge in [0.2, 0.25) is 0 Å². The van der Waals surface area contributed by atoms with Gasteiger partial charge >= 0.3 is 6.09 Å². The van der Waals surface area contributed by atoms with E-state index in [9.17, 15) is 9.59 Å². The van der Waals surface area contributed by atoms with Crippen molar-refractivity contribution in [3.63, 3.8) is 0 Å². The molecule has 1 aliphatic heterocycles. The average Bonchev–Trinajstić information content (AvgIpc) is 3.20. The van der Waals surface area contributed by atoms with Crippen LogP contribution in [-0.4, -0.2) is 58.2 Å². The molecule has 0 aliphatic carbocycles. The maximum Gasteiger partial charge on any atom is 0.410 e. The number of hydrogen-bond acceptors (Lipinski definition) is 5. The molecule has 1 saturated heterocycles. The second kappa shape index (κ2) is 9.94. The number of carbonyl (C=O) groups excluding carboxylic acids is 2. The van der Waals surface area contributed by atoms with Crippen LogP contribution in [-0.2, 0) is 4.74 Å². The number of halogens is 1. The molecule has 7 nitrogen and oxygen atoms in total. The summed E-state index contributed by atoms with van der Waals surface area (Å²) in [5.41, 5.74) is 0.492. The Balaban J connectivity index is 1.66. The fraction of sp³-hybridized carbons (Fsp3) is 0.542. The number of amides is 2. The maximum absolute atomic E-state index is 13.1. The summed E-state index contributed by atoms with van der Waals surface area (Å²) in [7, 11) is 0. The van der Waals surface area contributed by atoms with E-state index in [0.29, 0.717) is 30.4 Å². The summed E-state index contributed by atoms with van der Waals surface area (Å²) < 4.78 is 11.0. The van der Waals surface area contributed by atoms with Crippen molar-refractivity contribution in [2.24, 2.45) is 5.92 Å². The first-order valence-corrected chi connectivity index (χ1v) is 11.4. The highest BCUT2D eigenvalue weighted by atomic mass is 35.5. The van der Waals surface area contributed by atoms with Crippen molar-refractivity contribution in [1.82, 2.24) is 15.0 Å². The Hall–Kier alpha value is -2.54. The second-order valence-corrected chi connectivity index (χ2v) is 10.0. The van der Waals surface area contributed by atoms with Crippen molar-refractivity contribution in [3.05, 3.63) is 41.0 Å². The molecule has 0 N–H and O–H groups in total. The summed E-state index contributed by atoms with van der Waals surface area (Å²) in [6, 6.07) is 8.88. The van der Waals surface area contributed by atoms with Crippen LogP contribution in [0, 0.1) is 5.92 Å². The zero-order chi connectivity index (χ0) is 23.5. The molecule has 0 radical (unpaired) electrons. The third-order valence-corrected chi connectivity index (χ3v) is 5.59. The highest BCUT2D eigenvalue weighted by molar-refractivity contribution is 6.30. The van der Waals surface area contributed by atoms with Gasteiger partial charge in [-0.25, -0.2) is 4.79 Å². The Labute approximate surface area is 194 Å². The summed E-state index contributed by atoms with van der Waals surface area (Å²) in [5.74, 6) is 0.502. The lowest BCUT2D eigenvalue weighted by Gasteiger charge is -2.37. The van der Waals surface area contributed by atoms with E-state index in [2.05, 4.69) is 5.16 Å². The van der Waals surface area contributed by atoms with Gasteiger partial charge in [0.25, 0.3) is 5.91 Å². The third kappa shape index (κ3) is 6.25. The Kier molecular flexibility index (Phi) is 7.49. The van der Waals surface area contributed by atoms with Gasteiger partial charge in [-0.3, -0.25) is 4.79 Å². The van der Waals surface area contributed by atoms with Gasteiger partial charge in [0.15, 0.2) is 11.5 Å². The first kappa shape index (κ1) is 24.1. The fourth-order valence-electron chi connectivity index (χ4n) is 3.81. The van der Waals surface area contributed by atoms with Crippen LogP contribution in [0.5, 0.6) is 0 Å². The maximum atomic E-state index is 13.1. The van der Waals surface area contributed by atoms with E-state index in [-0.39, 0.29) is 29.7 Å². The molecule has 1 aromatic carbocycles. The smallest absolute Gasteiger partial charge is 0.410 e. The predicted molar refractivity (Wildman–Crippen MR) is 124 cm³/mol. The van der Waals surface area contributed by atoms with Gasteiger partial charge in [-0.05, 0) is 65.5 Å². The molecule has 0 saturated carbocycles. The van der Waals surface area contributed by atoms with Gasteiger partial charge in [-0.2, -0.15) is 0 Å². The number of nitrogens with zero attached hydrogens (tertiary/aromatic N) is 3. The van der Waals surface area contributed by atoms with Gasteiger partial charge in [-0.1, -0.05) is 28.9 Å². The molecule has 2 aromatic rings. The van der Waals surface area contributed by atoms with E-state index < -0.39 is 5.60 Å². The third-order valence-electron chi connectivity index (χ3n) is 5.35. The quantitative estimate of drug-likeness (QED) is 0.588. The summed E-state index contributed by atoms with van der Waals surface area (Å²) in [6.45, 7) is 11.3. The molecule has 0 spiro atoms. The molecule has 32 heavy (non-hydrogen) atoms. The molecule has 174 valence electrons. The van der Waals surface area contributed by atoms with E-state index in [1.807, 2.05) is 46.8 Å². The van der Waals surface area contributed by atoms with Crippen molar-refractivity contribution < 1.29 is 18.8 Å². The topological polar surface area (TPSA) is 75.9 Å². The Bertz CT molecular complexity index is 951. The van der Waals surface area contributed by atoms with E-state index >= 15 is 0 Å². The number of likely N-dealkylation sites (tertiary alicyclic amines) is 1. The standard InChI is InChI=1S/C24H32ClN3O4/c1-16(2)28(23(30)31-24(3,4)5)15-17-8-7-11-27(14-17)22(29)20-13-21(32-26-20)18-9-6-10-19(25)12-18/h6,9-10,12-13,16-17H,7-8,11,14-15H2,1-5H3. The SMILES string of the molecule is CC(C)N(CC1CCCN(C(=O)c2cc(-c3cccc(Cl)c3)on2)C1)C(=O)OC(C)(C)C. The minimum Gasteiger partial charge on any atom is -0.444 e. The lowest BCUT2D eigenvalue weighted by atomic mass is 9.96. The zero-order valence-corrected chi connectivity index (χ0v) is 20.2. The molecule has 1 unspecified atom stereocenters. The van der Waals surface area contributed by atoms with Crippen molar-refractivity contribution >= 4 is 23.6 Å². The second-order valence-electron chi connectivity index (χ2n) is 9.57. The molecule has 8 heteroatoms. The minimum atomic E-state index is -0.549. The molecule has 1 fully saturated rings. The van der Waals surface area contributed by atoms with Crippen LogP contribution < -0.4 is 0 Å². The van der Waals surface area contributed by atoms with Crippen molar-refractivity contribution in [2.45, 2.75) is 59.1 Å². The number of piperidine rings is 1. The molecular formula is C24H32ClN3O4. The van der Waals surface area contributed by atoms with E-state index in [4.69, 9.17) is 20.9 Å². The molecular weight excluding hydrogens is 430 g/mol. The van der Waals surface area contributed by atoms with Crippen LogP contribution in [0.15, 0.2) is 34.9 Å². The van der Waals surface area contributed by atoms with Crippen LogP contribution in [0.25, 0.3) is 11.3 Å². The van der Waals surface area contributed by atoms with Gasteiger partial charge in [0, 0.05) is 42.3 Å². The van der Waals surface area contributed by atoms with Crippen LogP contribution in [0.1, 0.15) is 57.9 Å². The van der Waals surface area contributed by atoms with E-state index in [0.717, 1.165) is 18.4 Å². The van der Waals surface area contributed by atoms with E-state index in [1.165, 1.54) is 0 Å². The predicted octanol–water partition coefficient (Wildman–Crippen LogP) is 5.49. The van der Waals surface area contributed by atoms with E-state index in [1.54, 1.807) is 28.0 Å². The first-order valence-electron chi connectivity index (χ1n) is 11.0. The number of hydrogen-bond donors (Lipinski definition) is 0. The Morgan fingerprint density at radius 1 is 1.31 bits per heavy atom. The highest BCUT2D eigenvalue weighted by Crippen LogP contribution is 2.26. The average molecular weight is 462 g/mol. The summed E-state index contributed by atoms with van der Waals surface area (Å²) >= 11 is 6.05. The monoisotopic (exact) mass is 461 g/mol. The zero-order valence-electron chi connectivity index (χ0n) is 19.4. The van der Waals surface area contributed by atoms with Crippen LogP contribution in [0.2, 0.25) is 5.02 Å². The lowest BCUT2D eigenvalue weighted by Crippen LogP contribution is -2.48. The molecule has 1 atom stereocenters. The molecule has 1 aliphatic rings. The number of rotatable bonds is 5. The largest absolute Gasteiger partial charge is 0.444 e. The molecule has 1 aromatic heterocycles. The van der Waals surface area contributed by atoms with Crippen LogP contribution in [0.3, 0.4) is 0 Å². The van der Waals surface area contributed by atoms with Crippen molar-refractivity contribution in [1.29, 1.82) is 0 Å². The Morgan fingerprint density at radius 2 is 2.06 bits per heavy atom. The summed E-state index contributed by atoms with van der Waals surface area (Å²) in [4.78, 5) is 29.3.